The zero-order chi connectivity index (χ0) is 18.0. The smallest absolute Gasteiger partial charge is 0.289 e. The first-order valence-electron chi connectivity index (χ1n) is 8.17. The Morgan fingerprint density at radius 2 is 1.80 bits per heavy atom. The minimum absolute atomic E-state index is 0.0443. The topological polar surface area (TPSA) is 57.7 Å². The molecule has 3 rings (SSSR count). The molecule has 0 unspecified atom stereocenters. The summed E-state index contributed by atoms with van der Waals surface area (Å²) < 4.78 is 0. The maximum absolute atomic E-state index is 12.4. The Bertz CT molecular complexity index is 669. The van der Waals surface area contributed by atoms with Gasteiger partial charge in [-0.2, -0.15) is 0 Å². The van der Waals surface area contributed by atoms with Gasteiger partial charge in [-0.3, -0.25) is 19.3 Å². The van der Waals surface area contributed by atoms with Gasteiger partial charge in [0.15, 0.2) is 0 Å². The van der Waals surface area contributed by atoms with E-state index in [1.165, 1.54) is 4.90 Å². The van der Waals surface area contributed by atoms with Crippen molar-refractivity contribution in [3.05, 3.63) is 33.8 Å². The van der Waals surface area contributed by atoms with Gasteiger partial charge in [0, 0.05) is 35.6 Å². The average Bonchev–Trinajstić information content (AvgIpc) is 2.93. The monoisotopic (exact) mass is 400 g/mol. The summed E-state index contributed by atoms with van der Waals surface area (Å²) in [5.74, 6) is 0.160. The van der Waals surface area contributed by atoms with E-state index >= 15 is 0 Å². The van der Waals surface area contributed by atoms with Gasteiger partial charge in [0.1, 0.15) is 0 Å². The van der Waals surface area contributed by atoms with Crippen LogP contribution < -0.4 is 0 Å². The summed E-state index contributed by atoms with van der Waals surface area (Å²) in [4.78, 5) is 39.2. The first-order valence-corrected chi connectivity index (χ1v) is 9.91. The summed E-state index contributed by atoms with van der Waals surface area (Å²) in [7, 11) is 0. The summed E-state index contributed by atoms with van der Waals surface area (Å²) in [5, 5.41) is 0.980. The van der Waals surface area contributed by atoms with Crippen LogP contribution in [0.25, 0.3) is 0 Å². The van der Waals surface area contributed by atoms with Crippen LogP contribution in [0.4, 0.5) is 4.79 Å². The molecule has 0 aliphatic carbocycles. The molecule has 0 saturated carbocycles. The third-order valence-corrected chi connectivity index (χ3v) is 6.16. The number of piperidine rings is 1. The first-order chi connectivity index (χ1) is 12.0. The van der Waals surface area contributed by atoms with Crippen LogP contribution in [0.1, 0.15) is 24.8 Å². The summed E-state index contributed by atoms with van der Waals surface area (Å²) in [5.41, 5.74) is 0.791. The molecule has 1 aromatic carbocycles. The Balaban J connectivity index is 1.52. The summed E-state index contributed by atoms with van der Waals surface area (Å²) in [6, 6.07) is 5.22. The number of halogens is 2. The number of imide groups is 1. The number of hydrogen-bond donors (Lipinski definition) is 0. The molecule has 2 saturated heterocycles. The Kier molecular flexibility index (Phi) is 5.92. The number of carbonyl (C=O) groups is 3. The molecule has 2 heterocycles. The van der Waals surface area contributed by atoms with Crippen LogP contribution in [0, 0.1) is 0 Å². The van der Waals surface area contributed by atoms with Crippen molar-refractivity contribution < 1.29 is 14.4 Å². The molecule has 8 heteroatoms. The number of hydrogen-bond acceptors (Lipinski definition) is 4. The second kappa shape index (κ2) is 7.98. The normalized spacial score (nSPS) is 19.0. The van der Waals surface area contributed by atoms with Crippen LogP contribution in [0.3, 0.4) is 0 Å². The lowest BCUT2D eigenvalue weighted by atomic mass is 10.0. The average molecular weight is 401 g/mol. The van der Waals surface area contributed by atoms with E-state index in [2.05, 4.69) is 0 Å². The third kappa shape index (κ3) is 4.13. The SMILES string of the molecule is O=C(CCc1c(Cl)cccc1Cl)N1CCC(N2C(=O)CSC2=O)CC1. The number of rotatable bonds is 4. The molecule has 0 spiro atoms. The lowest BCUT2D eigenvalue weighted by Crippen LogP contribution is -2.48. The highest BCUT2D eigenvalue weighted by Gasteiger charge is 2.37. The van der Waals surface area contributed by atoms with Crippen LogP contribution in [0.5, 0.6) is 0 Å². The van der Waals surface area contributed by atoms with Gasteiger partial charge in [-0.05, 0) is 37.0 Å². The zero-order valence-electron chi connectivity index (χ0n) is 13.5. The minimum Gasteiger partial charge on any atom is -0.343 e. The molecular formula is C17H18Cl2N2O3S. The predicted octanol–water partition coefficient (Wildman–Crippen LogP) is 3.61. The molecule has 3 amide bonds. The quantitative estimate of drug-likeness (QED) is 0.774. The molecule has 0 radical (unpaired) electrons. The number of nitrogens with zero attached hydrogens (tertiary/aromatic N) is 2. The first kappa shape index (κ1) is 18.5. The van der Waals surface area contributed by atoms with Crippen molar-refractivity contribution >= 4 is 52.0 Å². The molecule has 0 N–H and O–H groups in total. The van der Waals surface area contributed by atoms with Crippen molar-refractivity contribution in [3.63, 3.8) is 0 Å². The molecule has 134 valence electrons. The summed E-state index contributed by atoms with van der Waals surface area (Å²) in [6.07, 6.45) is 2.11. The van der Waals surface area contributed by atoms with Crippen molar-refractivity contribution in [2.24, 2.45) is 0 Å². The van der Waals surface area contributed by atoms with Crippen molar-refractivity contribution in [1.82, 2.24) is 9.80 Å². The maximum atomic E-state index is 12.4. The number of amides is 3. The van der Waals surface area contributed by atoms with Crippen molar-refractivity contribution in [2.75, 3.05) is 18.8 Å². The highest BCUT2D eigenvalue weighted by Crippen LogP contribution is 2.28. The molecule has 0 atom stereocenters. The van der Waals surface area contributed by atoms with Crippen molar-refractivity contribution in [2.45, 2.75) is 31.7 Å². The van der Waals surface area contributed by atoms with Crippen LogP contribution in [-0.4, -0.2) is 51.7 Å². The number of benzene rings is 1. The number of thioether (sulfide) groups is 1. The second-order valence-corrected chi connectivity index (χ2v) is 7.87. The van der Waals surface area contributed by atoms with E-state index in [4.69, 9.17) is 23.2 Å². The van der Waals surface area contributed by atoms with Gasteiger partial charge in [0.05, 0.1) is 5.75 Å². The Hall–Kier alpha value is -1.24. The summed E-state index contributed by atoms with van der Waals surface area (Å²) in [6.45, 7) is 1.11. The van der Waals surface area contributed by atoms with E-state index in [0.29, 0.717) is 48.8 Å². The molecule has 0 bridgehead atoms. The lowest BCUT2D eigenvalue weighted by Gasteiger charge is -2.35. The van der Waals surface area contributed by atoms with Crippen LogP contribution in [-0.2, 0) is 16.0 Å². The molecule has 25 heavy (non-hydrogen) atoms. The lowest BCUT2D eigenvalue weighted by molar-refractivity contribution is -0.133. The predicted molar refractivity (Wildman–Crippen MR) is 99.1 cm³/mol. The molecule has 2 fully saturated rings. The van der Waals surface area contributed by atoms with Gasteiger partial charge < -0.3 is 4.90 Å². The van der Waals surface area contributed by atoms with Crippen LogP contribution >= 0.6 is 35.0 Å². The van der Waals surface area contributed by atoms with Gasteiger partial charge in [0.2, 0.25) is 11.8 Å². The van der Waals surface area contributed by atoms with Gasteiger partial charge in [0.25, 0.3) is 5.24 Å². The maximum Gasteiger partial charge on any atom is 0.289 e. The molecule has 1 aromatic rings. The van der Waals surface area contributed by atoms with Gasteiger partial charge in [-0.1, -0.05) is 41.0 Å². The van der Waals surface area contributed by atoms with Crippen molar-refractivity contribution in [1.29, 1.82) is 0 Å². The fourth-order valence-electron chi connectivity index (χ4n) is 3.25. The van der Waals surface area contributed by atoms with Gasteiger partial charge in [-0.25, -0.2) is 0 Å². The number of likely N-dealkylation sites (tertiary alicyclic amines) is 1. The molecule has 2 aliphatic rings. The Labute approximate surface area is 160 Å². The largest absolute Gasteiger partial charge is 0.343 e. The van der Waals surface area contributed by atoms with Crippen molar-refractivity contribution in [3.8, 4) is 0 Å². The second-order valence-electron chi connectivity index (χ2n) is 6.13. The highest BCUT2D eigenvalue weighted by atomic mass is 35.5. The number of carbonyl (C=O) groups excluding carboxylic acids is 3. The van der Waals surface area contributed by atoms with E-state index in [1.54, 1.807) is 23.1 Å². The van der Waals surface area contributed by atoms with E-state index in [0.717, 1.165) is 17.3 Å². The molecule has 5 nitrogen and oxygen atoms in total. The molecular weight excluding hydrogens is 383 g/mol. The van der Waals surface area contributed by atoms with Gasteiger partial charge in [-0.15, -0.1) is 0 Å². The summed E-state index contributed by atoms with van der Waals surface area (Å²) >= 11 is 13.3. The fourth-order valence-corrected chi connectivity index (χ4v) is 4.61. The van der Waals surface area contributed by atoms with E-state index in [1.807, 2.05) is 0 Å². The Morgan fingerprint density at radius 3 is 2.36 bits per heavy atom. The van der Waals surface area contributed by atoms with Crippen LogP contribution in [0.2, 0.25) is 10.0 Å². The third-order valence-electron chi connectivity index (χ3n) is 4.62. The van der Waals surface area contributed by atoms with Gasteiger partial charge >= 0.3 is 0 Å². The van der Waals surface area contributed by atoms with Crippen LogP contribution in [0.15, 0.2) is 18.2 Å². The Morgan fingerprint density at radius 1 is 1.16 bits per heavy atom. The fraction of sp³-hybridized carbons (Fsp3) is 0.471. The standard InChI is InChI=1S/C17H18Cl2N2O3S/c18-13-2-1-3-14(19)12(13)4-5-15(22)20-8-6-11(7-9-20)21-16(23)10-25-17(21)24/h1-3,11H,4-10H2. The van der Waals surface area contributed by atoms with E-state index in [9.17, 15) is 14.4 Å². The molecule has 2 aliphatic heterocycles. The molecule has 0 aromatic heterocycles. The highest BCUT2D eigenvalue weighted by molar-refractivity contribution is 8.14. The zero-order valence-corrected chi connectivity index (χ0v) is 15.9. The minimum atomic E-state index is -0.164. The van der Waals surface area contributed by atoms with E-state index in [-0.39, 0.29) is 28.8 Å². The van der Waals surface area contributed by atoms with E-state index < -0.39 is 0 Å².